The Morgan fingerprint density at radius 2 is 2.36 bits per heavy atom. The molecule has 1 aromatic rings. The summed E-state index contributed by atoms with van der Waals surface area (Å²) in [6, 6.07) is 4.01. The molecule has 0 aliphatic rings. The molecule has 0 atom stereocenters. The van der Waals surface area contributed by atoms with Crippen molar-refractivity contribution in [2.24, 2.45) is 5.73 Å². The Morgan fingerprint density at radius 3 is 3.00 bits per heavy atom. The van der Waals surface area contributed by atoms with Gasteiger partial charge < -0.3 is 11.1 Å². The van der Waals surface area contributed by atoms with E-state index in [0.29, 0.717) is 19.5 Å². The van der Waals surface area contributed by atoms with Gasteiger partial charge in [0.2, 0.25) is 5.91 Å². The molecule has 0 spiro atoms. The topological polar surface area (TPSA) is 55.1 Å². The van der Waals surface area contributed by atoms with Gasteiger partial charge in [-0.3, -0.25) is 4.79 Å². The molecule has 14 heavy (non-hydrogen) atoms. The number of rotatable bonds is 6. The third-order valence-electron chi connectivity index (χ3n) is 1.90. The molecule has 0 fully saturated rings. The summed E-state index contributed by atoms with van der Waals surface area (Å²) in [6.45, 7) is 1.32. The first-order valence-corrected chi connectivity index (χ1v) is 5.70. The minimum atomic E-state index is 0.117. The summed E-state index contributed by atoms with van der Waals surface area (Å²) in [4.78, 5) is 12.5. The highest BCUT2D eigenvalue weighted by atomic mass is 32.1. The summed E-state index contributed by atoms with van der Waals surface area (Å²) in [7, 11) is 0. The van der Waals surface area contributed by atoms with Crippen LogP contribution < -0.4 is 11.1 Å². The van der Waals surface area contributed by atoms with Gasteiger partial charge in [0.25, 0.3) is 0 Å². The average Bonchev–Trinajstić information content (AvgIpc) is 2.68. The van der Waals surface area contributed by atoms with Crippen molar-refractivity contribution >= 4 is 17.2 Å². The van der Waals surface area contributed by atoms with Crippen molar-refractivity contribution in [3.63, 3.8) is 0 Å². The predicted molar refractivity (Wildman–Crippen MR) is 59.1 cm³/mol. The first-order chi connectivity index (χ1) is 6.83. The van der Waals surface area contributed by atoms with Crippen LogP contribution in [0, 0.1) is 0 Å². The van der Waals surface area contributed by atoms with Gasteiger partial charge in [-0.2, -0.15) is 0 Å². The van der Waals surface area contributed by atoms with Gasteiger partial charge in [0.05, 0.1) is 6.54 Å². The minimum Gasteiger partial charge on any atom is -0.351 e. The van der Waals surface area contributed by atoms with E-state index in [1.54, 1.807) is 11.3 Å². The van der Waals surface area contributed by atoms with Gasteiger partial charge in [0.15, 0.2) is 0 Å². The molecular formula is C10H16N2OS. The fraction of sp³-hybridized carbons (Fsp3) is 0.500. The molecule has 0 aromatic carbocycles. The standard InChI is InChI=1S/C10H16N2OS/c11-6-2-1-5-10(13)12-8-9-4-3-7-14-9/h3-4,7H,1-2,5-6,8,11H2,(H,12,13). The highest BCUT2D eigenvalue weighted by molar-refractivity contribution is 7.09. The van der Waals surface area contributed by atoms with E-state index in [2.05, 4.69) is 5.32 Å². The van der Waals surface area contributed by atoms with Crippen LogP contribution in [0.25, 0.3) is 0 Å². The lowest BCUT2D eigenvalue weighted by atomic mass is 10.2. The van der Waals surface area contributed by atoms with Gasteiger partial charge in [0, 0.05) is 11.3 Å². The smallest absolute Gasteiger partial charge is 0.220 e. The summed E-state index contributed by atoms with van der Waals surface area (Å²) >= 11 is 1.66. The second kappa shape index (κ2) is 6.56. The molecule has 0 aliphatic carbocycles. The van der Waals surface area contributed by atoms with Crippen molar-refractivity contribution in [2.75, 3.05) is 6.54 Å². The van der Waals surface area contributed by atoms with Gasteiger partial charge in [-0.05, 0) is 30.8 Å². The Morgan fingerprint density at radius 1 is 1.50 bits per heavy atom. The molecule has 0 radical (unpaired) electrons. The highest BCUT2D eigenvalue weighted by Crippen LogP contribution is 2.07. The zero-order valence-corrected chi connectivity index (χ0v) is 8.98. The second-order valence-corrected chi connectivity index (χ2v) is 4.13. The largest absolute Gasteiger partial charge is 0.351 e. The summed E-state index contributed by atoms with van der Waals surface area (Å²) < 4.78 is 0. The maximum atomic E-state index is 11.3. The van der Waals surface area contributed by atoms with E-state index in [9.17, 15) is 4.79 Å². The zero-order chi connectivity index (χ0) is 10.2. The third-order valence-corrected chi connectivity index (χ3v) is 2.77. The van der Waals surface area contributed by atoms with Crippen LogP contribution in [0.1, 0.15) is 24.1 Å². The maximum absolute atomic E-state index is 11.3. The summed E-state index contributed by atoms with van der Waals surface area (Å²) in [5, 5.41) is 4.88. The van der Waals surface area contributed by atoms with Gasteiger partial charge in [-0.15, -0.1) is 11.3 Å². The molecule has 1 amide bonds. The van der Waals surface area contributed by atoms with Crippen molar-refractivity contribution < 1.29 is 4.79 Å². The Hall–Kier alpha value is -0.870. The molecule has 78 valence electrons. The van der Waals surface area contributed by atoms with Crippen molar-refractivity contribution in [1.82, 2.24) is 5.32 Å². The number of hydrogen-bond acceptors (Lipinski definition) is 3. The molecule has 0 unspecified atom stereocenters. The molecule has 4 heteroatoms. The van der Waals surface area contributed by atoms with Crippen molar-refractivity contribution in [3.05, 3.63) is 22.4 Å². The SMILES string of the molecule is NCCCCC(=O)NCc1cccs1. The Kier molecular flexibility index (Phi) is 5.25. The highest BCUT2D eigenvalue weighted by Gasteiger charge is 2.00. The Labute approximate surface area is 88.3 Å². The molecule has 3 N–H and O–H groups in total. The van der Waals surface area contributed by atoms with Crippen LogP contribution in [0.5, 0.6) is 0 Å². The number of carbonyl (C=O) groups excluding carboxylic acids is 1. The molecule has 3 nitrogen and oxygen atoms in total. The van der Waals surface area contributed by atoms with E-state index in [1.165, 1.54) is 4.88 Å². The van der Waals surface area contributed by atoms with Crippen LogP contribution in [0.2, 0.25) is 0 Å². The first-order valence-electron chi connectivity index (χ1n) is 4.82. The van der Waals surface area contributed by atoms with Crippen molar-refractivity contribution in [1.29, 1.82) is 0 Å². The van der Waals surface area contributed by atoms with Crippen molar-refractivity contribution in [2.45, 2.75) is 25.8 Å². The fourth-order valence-corrected chi connectivity index (χ4v) is 1.76. The van der Waals surface area contributed by atoms with Crippen LogP contribution in [0.4, 0.5) is 0 Å². The maximum Gasteiger partial charge on any atom is 0.220 e. The lowest BCUT2D eigenvalue weighted by molar-refractivity contribution is -0.121. The number of carbonyl (C=O) groups is 1. The van der Waals surface area contributed by atoms with E-state index in [1.807, 2.05) is 17.5 Å². The molecule has 0 saturated carbocycles. The van der Waals surface area contributed by atoms with Crippen LogP contribution in [-0.2, 0) is 11.3 Å². The molecular weight excluding hydrogens is 196 g/mol. The van der Waals surface area contributed by atoms with E-state index >= 15 is 0 Å². The van der Waals surface area contributed by atoms with Crippen LogP contribution in [-0.4, -0.2) is 12.5 Å². The van der Waals surface area contributed by atoms with Crippen molar-refractivity contribution in [3.8, 4) is 0 Å². The van der Waals surface area contributed by atoms with E-state index in [-0.39, 0.29) is 5.91 Å². The summed E-state index contributed by atoms with van der Waals surface area (Å²) in [5.41, 5.74) is 5.34. The predicted octanol–water partition coefficient (Wildman–Crippen LogP) is 1.49. The second-order valence-electron chi connectivity index (χ2n) is 3.10. The molecule has 0 aliphatic heterocycles. The van der Waals surface area contributed by atoms with Gasteiger partial charge in [-0.1, -0.05) is 6.07 Å². The number of nitrogens with one attached hydrogen (secondary N) is 1. The summed E-state index contributed by atoms with van der Waals surface area (Å²) in [5.74, 6) is 0.117. The van der Waals surface area contributed by atoms with Crippen LogP contribution >= 0.6 is 11.3 Å². The molecule has 1 heterocycles. The van der Waals surface area contributed by atoms with Gasteiger partial charge in [0.1, 0.15) is 0 Å². The monoisotopic (exact) mass is 212 g/mol. The first kappa shape index (κ1) is 11.2. The average molecular weight is 212 g/mol. The Balaban J connectivity index is 2.09. The lowest BCUT2D eigenvalue weighted by Crippen LogP contribution is -2.22. The number of unbranched alkanes of at least 4 members (excludes halogenated alkanes) is 1. The molecule has 0 bridgehead atoms. The zero-order valence-electron chi connectivity index (χ0n) is 8.16. The van der Waals surface area contributed by atoms with Gasteiger partial charge >= 0.3 is 0 Å². The van der Waals surface area contributed by atoms with E-state index in [4.69, 9.17) is 5.73 Å². The minimum absolute atomic E-state index is 0.117. The normalized spacial score (nSPS) is 10.1. The molecule has 0 saturated heterocycles. The quantitative estimate of drug-likeness (QED) is 0.702. The van der Waals surface area contributed by atoms with E-state index in [0.717, 1.165) is 12.8 Å². The van der Waals surface area contributed by atoms with Crippen LogP contribution in [0.3, 0.4) is 0 Å². The summed E-state index contributed by atoms with van der Waals surface area (Å²) in [6.07, 6.45) is 2.39. The Bertz CT molecular complexity index is 259. The number of thiophene rings is 1. The third kappa shape index (κ3) is 4.39. The lowest BCUT2D eigenvalue weighted by Gasteiger charge is -2.02. The molecule has 1 aromatic heterocycles. The van der Waals surface area contributed by atoms with Crippen LogP contribution in [0.15, 0.2) is 17.5 Å². The number of amides is 1. The number of hydrogen-bond donors (Lipinski definition) is 2. The number of nitrogens with two attached hydrogens (primary N) is 1. The van der Waals surface area contributed by atoms with Gasteiger partial charge in [-0.25, -0.2) is 0 Å². The van der Waals surface area contributed by atoms with E-state index < -0.39 is 0 Å². The molecule has 1 rings (SSSR count). The fourth-order valence-electron chi connectivity index (χ4n) is 1.12.